The van der Waals surface area contributed by atoms with Gasteiger partial charge in [0.15, 0.2) is 0 Å². The smallest absolute Gasteiger partial charge is 0.267 e. The number of phosphoric acid groups is 1. The first-order chi connectivity index (χ1) is 18.4. The van der Waals surface area contributed by atoms with Gasteiger partial charge in [0.25, 0.3) is 7.82 Å². The topological polar surface area (TPSA) is 142 Å². The maximum atomic E-state index is 11.8. The summed E-state index contributed by atoms with van der Waals surface area (Å²) in [5, 5.41) is -0.284. The minimum absolute atomic E-state index is 0.0733. The molecule has 0 aromatic rings. The molecule has 15 heteroatoms. The Morgan fingerprint density at radius 3 is 1.82 bits per heavy atom. The van der Waals surface area contributed by atoms with Crippen LogP contribution in [-0.4, -0.2) is 114 Å². The monoisotopic (exact) mass is 604 g/mol. The molecule has 0 saturated carbocycles. The Labute approximate surface area is 234 Å². The van der Waals surface area contributed by atoms with Crippen molar-refractivity contribution in [3.05, 3.63) is 0 Å². The molecule has 2 amide bonds. The van der Waals surface area contributed by atoms with Crippen LogP contribution < -0.4 is 4.89 Å². The minimum Gasteiger partial charge on any atom is -0.756 e. The van der Waals surface area contributed by atoms with E-state index in [9.17, 15) is 19.0 Å². The van der Waals surface area contributed by atoms with Gasteiger partial charge in [0.2, 0.25) is 11.8 Å². The second-order valence-electron chi connectivity index (χ2n) is 8.08. The van der Waals surface area contributed by atoms with Gasteiger partial charge in [0.05, 0.1) is 72.7 Å². The van der Waals surface area contributed by atoms with E-state index in [1.807, 2.05) is 6.92 Å². The molecule has 0 aromatic heterocycles. The molecular weight excluding hydrogens is 561 g/mol. The number of carbonyl (C=O) groups is 2. The Balaban J connectivity index is 1.81. The maximum absolute atomic E-state index is 11.8. The van der Waals surface area contributed by atoms with Crippen LogP contribution in [0.5, 0.6) is 0 Å². The van der Waals surface area contributed by atoms with E-state index in [-0.39, 0.29) is 43.3 Å². The summed E-state index contributed by atoms with van der Waals surface area (Å²) in [7, 11) is 0.210. The van der Waals surface area contributed by atoms with Crippen LogP contribution >= 0.6 is 29.4 Å². The van der Waals surface area contributed by atoms with Crippen LogP contribution in [0, 0.1) is 0 Å². The van der Waals surface area contributed by atoms with E-state index in [0.29, 0.717) is 65.9 Å². The van der Waals surface area contributed by atoms with E-state index >= 15 is 0 Å². The summed E-state index contributed by atoms with van der Waals surface area (Å²) in [6.07, 6.45) is 3.55. The summed E-state index contributed by atoms with van der Waals surface area (Å²) in [4.78, 5) is 36.3. The van der Waals surface area contributed by atoms with E-state index in [4.69, 9.17) is 32.7 Å². The summed E-state index contributed by atoms with van der Waals surface area (Å²) < 4.78 is 47.9. The molecule has 1 aliphatic heterocycles. The standard InChI is InChI=1S/C23H44NO11PS2/c1-3-29-9-10-30-11-12-31-13-14-32-15-16-33-17-18-35-36(27,28)34-8-6-4-5-7-19-37-38-21-20-22(25)24(2)23(21)26/h21H,3-20H2,1-2H3,(H,27,28)/p-1. The Kier molecular flexibility index (Phi) is 22.1. The normalized spacial score (nSPS) is 17.4. The molecule has 0 bridgehead atoms. The first-order valence-corrected chi connectivity index (χ1v) is 16.8. The quantitative estimate of drug-likeness (QED) is 0.0586. The first kappa shape index (κ1) is 35.8. The van der Waals surface area contributed by atoms with Crippen molar-refractivity contribution in [1.82, 2.24) is 4.90 Å². The van der Waals surface area contributed by atoms with Crippen molar-refractivity contribution in [1.29, 1.82) is 0 Å². The van der Waals surface area contributed by atoms with Gasteiger partial charge in [-0.05, 0) is 19.8 Å². The van der Waals surface area contributed by atoms with Crippen molar-refractivity contribution in [2.24, 2.45) is 0 Å². The van der Waals surface area contributed by atoms with E-state index in [1.165, 1.54) is 22.7 Å². The molecule has 1 fully saturated rings. The molecule has 0 N–H and O–H groups in total. The average molecular weight is 605 g/mol. The predicted octanol–water partition coefficient (Wildman–Crippen LogP) is 2.29. The van der Waals surface area contributed by atoms with Crippen molar-refractivity contribution >= 4 is 41.2 Å². The number of rotatable bonds is 27. The third-order valence-corrected chi connectivity index (χ3v) is 8.86. The molecule has 12 nitrogen and oxygen atoms in total. The fraction of sp³-hybridized carbons (Fsp3) is 0.913. The highest BCUT2D eigenvalue weighted by atomic mass is 33.1. The van der Waals surface area contributed by atoms with Crippen molar-refractivity contribution in [2.75, 3.05) is 92.1 Å². The molecule has 0 spiro atoms. The third-order valence-electron chi connectivity index (χ3n) is 5.06. The molecule has 224 valence electrons. The second-order valence-corrected chi connectivity index (χ2v) is 12.2. The molecule has 2 unspecified atom stereocenters. The Hall–Kier alpha value is -0.250. The summed E-state index contributed by atoms with van der Waals surface area (Å²) in [6, 6.07) is 0. The number of phosphoric ester groups is 1. The predicted molar refractivity (Wildman–Crippen MR) is 144 cm³/mol. The van der Waals surface area contributed by atoms with Crippen LogP contribution in [0.4, 0.5) is 0 Å². The summed E-state index contributed by atoms with van der Waals surface area (Å²) in [6.45, 7) is 6.40. The SMILES string of the molecule is CCOCCOCCOCCOCCOCCOP(=O)([O-])OCCCCCCSSC1CC(=O)N(C)C1=O. The fourth-order valence-corrected chi connectivity index (χ4v) is 6.33. The maximum Gasteiger partial charge on any atom is 0.267 e. The lowest BCUT2D eigenvalue weighted by atomic mass is 10.2. The van der Waals surface area contributed by atoms with Crippen LogP contribution in [0.2, 0.25) is 0 Å². The number of carbonyl (C=O) groups excluding carboxylic acids is 2. The summed E-state index contributed by atoms with van der Waals surface area (Å²) >= 11 is 0. The van der Waals surface area contributed by atoms with Gasteiger partial charge in [-0.25, -0.2) is 0 Å². The van der Waals surface area contributed by atoms with Crippen LogP contribution in [0.25, 0.3) is 0 Å². The molecule has 2 atom stereocenters. The molecular formula is C23H43NO11PS2-. The van der Waals surface area contributed by atoms with Gasteiger partial charge in [-0.1, -0.05) is 34.4 Å². The molecule has 1 aliphatic rings. The highest BCUT2D eigenvalue weighted by Gasteiger charge is 2.36. The third kappa shape index (κ3) is 18.9. The van der Waals surface area contributed by atoms with Gasteiger partial charge >= 0.3 is 0 Å². The van der Waals surface area contributed by atoms with E-state index in [1.54, 1.807) is 10.8 Å². The van der Waals surface area contributed by atoms with Crippen molar-refractivity contribution in [3.8, 4) is 0 Å². The molecule has 0 aromatic carbocycles. The van der Waals surface area contributed by atoms with Gasteiger partial charge in [-0.2, -0.15) is 0 Å². The Bertz CT molecular complexity index is 677. The second kappa shape index (κ2) is 23.5. The molecule has 1 rings (SSSR count). The van der Waals surface area contributed by atoms with Crippen LogP contribution in [0.1, 0.15) is 39.0 Å². The highest BCUT2D eigenvalue weighted by Crippen LogP contribution is 2.38. The van der Waals surface area contributed by atoms with Gasteiger partial charge in [0.1, 0.15) is 5.25 Å². The number of likely N-dealkylation sites (tertiary alicyclic amines) is 1. The van der Waals surface area contributed by atoms with Gasteiger partial charge < -0.3 is 37.6 Å². The number of imide groups is 1. The van der Waals surface area contributed by atoms with Crippen LogP contribution in [0.15, 0.2) is 0 Å². The van der Waals surface area contributed by atoms with Gasteiger partial charge in [0, 0.05) is 25.8 Å². The molecule has 1 heterocycles. The number of amides is 2. The van der Waals surface area contributed by atoms with Crippen molar-refractivity contribution in [3.63, 3.8) is 0 Å². The Morgan fingerprint density at radius 1 is 0.789 bits per heavy atom. The number of hydrogen-bond acceptors (Lipinski definition) is 13. The van der Waals surface area contributed by atoms with Crippen LogP contribution in [-0.2, 0) is 46.9 Å². The molecule has 38 heavy (non-hydrogen) atoms. The molecule has 1 saturated heterocycles. The lowest BCUT2D eigenvalue weighted by Gasteiger charge is -2.22. The highest BCUT2D eigenvalue weighted by molar-refractivity contribution is 8.77. The summed E-state index contributed by atoms with van der Waals surface area (Å²) in [5.41, 5.74) is 0. The zero-order chi connectivity index (χ0) is 27.9. The first-order valence-electron chi connectivity index (χ1n) is 12.9. The van der Waals surface area contributed by atoms with E-state index in [2.05, 4.69) is 0 Å². The van der Waals surface area contributed by atoms with Gasteiger partial charge in [-0.15, -0.1) is 0 Å². The molecule has 0 aliphatic carbocycles. The lowest BCUT2D eigenvalue weighted by Crippen LogP contribution is -2.26. The van der Waals surface area contributed by atoms with E-state index in [0.717, 1.165) is 25.0 Å². The average Bonchev–Trinajstić information content (AvgIpc) is 3.13. The number of ether oxygens (including phenoxy) is 5. The van der Waals surface area contributed by atoms with Crippen molar-refractivity contribution < 1.29 is 51.8 Å². The van der Waals surface area contributed by atoms with Gasteiger partial charge in [-0.3, -0.25) is 19.1 Å². The fourth-order valence-electron chi connectivity index (χ4n) is 2.99. The lowest BCUT2D eigenvalue weighted by molar-refractivity contribution is -0.226. The van der Waals surface area contributed by atoms with Crippen molar-refractivity contribution in [2.45, 2.75) is 44.3 Å². The minimum atomic E-state index is -4.34. The number of hydrogen-bond donors (Lipinski definition) is 0. The zero-order valence-electron chi connectivity index (χ0n) is 22.5. The zero-order valence-corrected chi connectivity index (χ0v) is 25.0. The Morgan fingerprint density at radius 2 is 1.29 bits per heavy atom. The molecule has 0 radical (unpaired) electrons. The van der Waals surface area contributed by atoms with Crippen LogP contribution in [0.3, 0.4) is 0 Å². The van der Waals surface area contributed by atoms with E-state index < -0.39 is 7.82 Å². The largest absolute Gasteiger partial charge is 0.756 e. The number of unbranched alkanes of at least 4 members (excludes halogenated alkanes) is 3. The summed E-state index contributed by atoms with van der Waals surface area (Å²) in [5.74, 6) is 0.605. The number of nitrogens with zero attached hydrogens (tertiary/aromatic N) is 1.